The first-order valence-corrected chi connectivity index (χ1v) is 10.3. The van der Waals surface area contributed by atoms with E-state index in [-0.39, 0.29) is 0 Å². The third-order valence-corrected chi connectivity index (χ3v) is 10.4. The van der Waals surface area contributed by atoms with Crippen molar-refractivity contribution in [2.75, 3.05) is 5.08 Å². The molecule has 0 atom stereocenters. The minimum atomic E-state index is 1.20. The van der Waals surface area contributed by atoms with Gasteiger partial charge in [-0.2, -0.15) is 0 Å². The Labute approximate surface area is 127 Å². The van der Waals surface area contributed by atoms with Crippen LogP contribution in [0.5, 0.6) is 0 Å². The SMILES string of the molecule is CC1=C(C)SC(=CC=C2SC3=C(SCS3)S2)S1. The van der Waals surface area contributed by atoms with Gasteiger partial charge in [0.1, 0.15) is 0 Å². The molecule has 3 heterocycles. The van der Waals surface area contributed by atoms with Crippen molar-refractivity contribution in [2.45, 2.75) is 13.8 Å². The lowest BCUT2D eigenvalue weighted by Crippen LogP contribution is -1.65. The predicted molar refractivity (Wildman–Crippen MR) is 92.0 cm³/mol. The average Bonchev–Trinajstić information content (AvgIpc) is 2.91. The Morgan fingerprint density at radius 1 is 0.765 bits per heavy atom. The summed E-state index contributed by atoms with van der Waals surface area (Å²) in [7, 11) is 0. The molecule has 0 spiro atoms. The van der Waals surface area contributed by atoms with Crippen molar-refractivity contribution in [2.24, 2.45) is 0 Å². The van der Waals surface area contributed by atoms with Crippen LogP contribution in [0.15, 0.2) is 38.9 Å². The van der Waals surface area contributed by atoms with E-state index in [1.54, 1.807) is 0 Å². The highest BCUT2D eigenvalue weighted by atomic mass is 32.3. The third-order valence-electron chi connectivity index (χ3n) is 2.29. The Kier molecular flexibility index (Phi) is 4.29. The van der Waals surface area contributed by atoms with Crippen molar-refractivity contribution in [3.63, 3.8) is 0 Å². The fraction of sp³-hybridized carbons (Fsp3) is 0.273. The first-order chi connectivity index (χ1) is 8.22. The Morgan fingerprint density at radius 2 is 1.24 bits per heavy atom. The zero-order valence-corrected chi connectivity index (χ0v) is 14.2. The number of hydrogen-bond donors (Lipinski definition) is 0. The van der Waals surface area contributed by atoms with Crippen molar-refractivity contribution in [3.8, 4) is 0 Å². The van der Waals surface area contributed by atoms with Gasteiger partial charge in [-0.15, -0.1) is 23.5 Å². The lowest BCUT2D eigenvalue weighted by atomic mass is 10.6. The fourth-order valence-electron chi connectivity index (χ4n) is 1.34. The smallest absolute Gasteiger partial charge is 0.0668 e. The Balaban J connectivity index is 1.64. The van der Waals surface area contributed by atoms with Crippen LogP contribution in [0.1, 0.15) is 13.8 Å². The molecule has 0 unspecified atom stereocenters. The molecule has 17 heavy (non-hydrogen) atoms. The second-order valence-electron chi connectivity index (χ2n) is 3.47. The van der Waals surface area contributed by atoms with Crippen LogP contribution < -0.4 is 0 Å². The van der Waals surface area contributed by atoms with E-state index in [4.69, 9.17) is 0 Å². The molecule has 90 valence electrons. The van der Waals surface area contributed by atoms with E-state index in [0.717, 1.165) is 0 Å². The molecular weight excluding hydrogens is 325 g/mol. The third kappa shape index (κ3) is 2.98. The first kappa shape index (κ1) is 13.1. The van der Waals surface area contributed by atoms with E-state index in [2.05, 4.69) is 26.0 Å². The second-order valence-corrected chi connectivity index (χ2v) is 11.5. The molecule has 0 aromatic heterocycles. The van der Waals surface area contributed by atoms with Crippen LogP contribution in [-0.4, -0.2) is 5.08 Å². The average molecular weight is 335 g/mol. The summed E-state index contributed by atoms with van der Waals surface area (Å²) in [5.74, 6) is 0. The van der Waals surface area contributed by atoms with Gasteiger partial charge in [-0.25, -0.2) is 0 Å². The summed E-state index contributed by atoms with van der Waals surface area (Å²) in [6, 6.07) is 0. The molecule has 0 aromatic carbocycles. The summed E-state index contributed by atoms with van der Waals surface area (Å²) < 4.78 is 5.86. The maximum Gasteiger partial charge on any atom is 0.0668 e. The van der Waals surface area contributed by atoms with Gasteiger partial charge in [0.05, 0.1) is 12.7 Å². The highest BCUT2D eigenvalue weighted by Crippen LogP contribution is 2.62. The van der Waals surface area contributed by atoms with Gasteiger partial charge in [0, 0.05) is 9.32 Å². The van der Waals surface area contributed by atoms with Crippen molar-refractivity contribution < 1.29 is 0 Å². The highest BCUT2D eigenvalue weighted by molar-refractivity contribution is 8.45. The number of rotatable bonds is 1. The molecule has 3 aliphatic heterocycles. The molecule has 6 heteroatoms. The van der Waals surface area contributed by atoms with Gasteiger partial charge in [0.2, 0.25) is 0 Å². The largest absolute Gasteiger partial charge is 0.106 e. The Bertz CT molecular complexity index is 448. The molecule has 0 bridgehead atoms. The number of allylic oxidation sites excluding steroid dienone is 4. The van der Waals surface area contributed by atoms with Crippen molar-refractivity contribution in [1.82, 2.24) is 0 Å². The predicted octanol–water partition coefficient (Wildman–Crippen LogP) is 6.44. The van der Waals surface area contributed by atoms with E-state index >= 15 is 0 Å². The molecule has 0 nitrogen and oxygen atoms in total. The van der Waals surface area contributed by atoms with Crippen LogP contribution >= 0.6 is 70.6 Å². The monoisotopic (exact) mass is 334 g/mol. The van der Waals surface area contributed by atoms with E-state index in [9.17, 15) is 0 Å². The van der Waals surface area contributed by atoms with Crippen LogP contribution in [0.25, 0.3) is 0 Å². The maximum atomic E-state index is 2.27. The van der Waals surface area contributed by atoms with E-state index < -0.39 is 0 Å². The molecule has 0 saturated heterocycles. The van der Waals surface area contributed by atoms with Gasteiger partial charge in [-0.1, -0.05) is 47.0 Å². The summed E-state index contributed by atoms with van der Waals surface area (Å²) in [5.41, 5.74) is 0. The number of thioether (sulfide) groups is 6. The van der Waals surface area contributed by atoms with Gasteiger partial charge in [-0.3, -0.25) is 0 Å². The van der Waals surface area contributed by atoms with Crippen LogP contribution in [0.4, 0.5) is 0 Å². The molecule has 0 amide bonds. The molecule has 3 rings (SSSR count). The van der Waals surface area contributed by atoms with Gasteiger partial charge < -0.3 is 0 Å². The van der Waals surface area contributed by atoms with E-state index in [0.29, 0.717) is 0 Å². The quantitative estimate of drug-likeness (QED) is 0.537. The van der Waals surface area contributed by atoms with Gasteiger partial charge in [-0.05, 0) is 35.8 Å². The maximum absolute atomic E-state index is 2.27. The van der Waals surface area contributed by atoms with Crippen molar-refractivity contribution >= 4 is 70.6 Å². The summed E-state index contributed by atoms with van der Waals surface area (Å²) >= 11 is 11.6. The summed E-state index contributed by atoms with van der Waals surface area (Å²) in [4.78, 5) is 2.89. The van der Waals surface area contributed by atoms with Gasteiger partial charge in [0.15, 0.2) is 0 Å². The molecule has 3 aliphatic rings. The number of hydrogen-bond acceptors (Lipinski definition) is 6. The molecular formula is C11H10S6. The molecule has 0 N–H and O–H groups in total. The standard InChI is InChI=1S/C11H10S6/c1-6-7(2)15-8(14-6)3-4-9-16-10-11(17-9)13-5-12-10/h3-4H,5H2,1-2H3. The summed E-state index contributed by atoms with van der Waals surface area (Å²) in [6.07, 6.45) is 4.54. The van der Waals surface area contributed by atoms with Crippen LogP contribution in [0.2, 0.25) is 0 Å². The van der Waals surface area contributed by atoms with Crippen molar-refractivity contribution in [3.05, 3.63) is 38.9 Å². The van der Waals surface area contributed by atoms with E-state index in [1.165, 1.54) is 31.8 Å². The lowest BCUT2D eigenvalue weighted by Gasteiger charge is -1.98. The van der Waals surface area contributed by atoms with Crippen LogP contribution in [0.3, 0.4) is 0 Å². The van der Waals surface area contributed by atoms with E-state index in [1.807, 2.05) is 70.6 Å². The Morgan fingerprint density at radius 3 is 1.76 bits per heavy atom. The molecule has 0 radical (unpaired) electrons. The summed E-state index contributed by atoms with van der Waals surface area (Å²) in [5, 5.41) is 1.20. The zero-order valence-electron chi connectivity index (χ0n) is 9.31. The minimum absolute atomic E-state index is 1.20. The lowest BCUT2D eigenvalue weighted by molar-refractivity contribution is 1.57. The molecule has 0 aliphatic carbocycles. The molecule has 0 saturated carbocycles. The van der Waals surface area contributed by atoms with Crippen LogP contribution in [0, 0.1) is 0 Å². The first-order valence-electron chi connectivity index (χ1n) is 5.03. The van der Waals surface area contributed by atoms with Crippen molar-refractivity contribution in [1.29, 1.82) is 0 Å². The van der Waals surface area contributed by atoms with Gasteiger partial charge in [0.25, 0.3) is 0 Å². The highest BCUT2D eigenvalue weighted by Gasteiger charge is 2.26. The second kappa shape index (κ2) is 5.59. The molecule has 0 fully saturated rings. The molecule has 0 aromatic rings. The van der Waals surface area contributed by atoms with Crippen LogP contribution in [-0.2, 0) is 0 Å². The zero-order chi connectivity index (χ0) is 11.8. The fourth-order valence-corrected chi connectivity index (χ4v) is 9.87. The summed E-state index contributed by atoms with van der Waals surface area (Å²) in [6.45, 7) is 4.40. The normalized spacial score (nSPS) is 23.9. The van der Waals surface area contributed by atoms with Gasteiger partial charge >= 0.3 is 0 Å². The Hall–Kier alpha value is 1.06. The minimum Gasteiger partial charge on any atom is -0.106 e. The topological polar surface area (TPSA) is 0 Å².